The molecule has 0 saturated heterocycles. The summed E-state index contributed by atoms with van der Waals surface area (Å²) in [7, 11) is 0. The predicted octanol–water partition coefficient (Wildman–Crippen LogP) is 4.72. The number of hydrogen-bond acceptors (Lipinski definition) is 2. The molecule has 0 saturated carbocycles. The Bertz CT molecular complexity index is 939. The van der Waals surface area contributed by atoms with Crippen LogP contribution in [0.4, 0.5) is 0 Å². The summed E-state index contributed by atoms with van der Waals surface area (Å²) in [6, 6.07) is 7.78. The summed E-state index contributed by atoms with van der Waals surface area (Å²) < 4.78 is 0. The number of aromatic amines is 1. The standard InChI is InChI=1S/C21H20N2O2/c1-4-6-13(2)7-5-8-16-17-18(21(25)22-16)19(23-20(17)24)15-11-9-14(3)10-12-15/h4-12,23-24H,1-3H3/b6-4-,8-5+,13-7-. The van der Waals surface area contributed by atoms with Gasteiger partial charge >= 0.3 is 0 Å². The summed E-state index contributed by atoms with van der Waals surface area (Å²) in [4.78, 5) is 19.4. The van der Waals surface area contributed by atoms with Crippen LogP contribution in [0.3, 0.4) is 0 Å². The fraction of sp³-hybridized carbons (Fsp3) is 0.143. The van der Waals surface area contributed by atoms with E-state index in [2.05, 4.69) is 9.98 Å². The van der Waals surface area contributed by atoms with Crippen LogP contribution >= 0.6 is 0 Å². The van der Waals surface area contributed by atoms with Gasteiger partial charge in [0, 0.05) is 0 Å². The number of carbonyl (C=O) groups is 1. The number of nitrogens with zero attached hydrogens (tertiary/aromatic N) is 1. The predicted molar refractivity (Wildman–Crippen MR) is 101 cm³/mol. The number of amides is 1. The maximum atomic E-state index is 12.4. The van der Waals surface area contributed by atoms with Crippen LogP contribution in [-0.2, 0) is 0 Å². The third-order valence-corrected chi connectivity index (χ3v) is 4.06. The van der Waals surface area contributed by atoms with Crippen molar-refractivity contribution < 1.29 is 9.90 Å². The van der Waals surface area contributed by atoms with Crippen molar-refractivity contribution in [2.75, 3.05) is 0 Å². The largest absolute Gasteiger partial charge is 0.494 e. The molecule has 0 radical (unpaired) electrons. The number of allylic oxidation sites excluding steroid dienone is 6. The Labute approximate surface area is 146 Å². The topological polar surface area (TPSA) is 65.5 Å². The van der Waals surface area contributed by atoms with Crippen molar-refractivity contribution in [3.63, 3.8) is 0 Å². The third kappa shape index (κ3) is 3.24. The van der Waals surface area contributed by atoms with Gasteiger partial charge in [-0.3, -0.25) is 4.79 Å². The van der Waals surface area contributed by atoms with Gasteiger partial charge in [-0.2, -0.15) is 0 Å². The lowest BCUT2D eigenvalue weighted by Crippen LogP contribution is -1.93. The lowest BCUT2D eigenvalue weighted by atomic mass is 10.0. The fourth-order valence-corrected chi connectivity index (χ4v) is 2.84. The van der Waals surface area contributed by atoms with E-state index >= 15 is 0 Å². The average Bonchev–Trinajstić information content (AvgIpc) is 3.08. The van der Waals surface area contributed by atoms with Gasteiger partial charge in [0.1, 0.15) is 0 Å². The van der Waals surface area contributed by atoms with Crippen LogP contribution < -0.4 is 0 Å². The number of aryl methyl sites for hydroxylation is 1. The second-order valence-corrected chi connectivity index (χ2v) is 6.04. The number of carbonyl (C=O) groups excluding carboxylic acids is 1. The number of aromatic hydroxyl groups is 1. The van der Waals surface area contributed by atoms with Gasteiger partial charge in [-0.1, -0.05) is 59.7 Å². The van der Waals surface area contributed by atoms with E-state index in [0.29, 0.717) is 22.5 Å². The summed E-state index contributed by atoms with van der Waals surface area (Å²) in [6.45, 7) is 5.94. The minimum absolute atomic E-state index is 0.0334. The first-order valence-corrected chi connectivity index (χ1v) is 8.14. The highest BCUT2D eigenvalue weighted by molar-refractivity contribution is 6.28. The van der Waals surface area contributed by atoms with E-state index in [4.69, 9.17) is 0 Å². The molecule has 2 aromatic rings. The van der Waals surface area contributed by atoms with Crippen LogP contribution in [0.25, 0.3) is 11.3 Å². The Morgan fingerprint density at radius 2 is 1.92 bits per heavy atom. The molecule has 3 rings (SSSR count). The van der Waals surface area contributed by atoms with E-state index in [1.54, 1.807) is 6.08 Å². The van der Waals surface area contributed by atoms with Gasteiger partial charge < -0.3 is 10.1 Å². The molecule has 2 N–H and O–H groups in total. The second-order valence-electron chi connectivity index (χ2n) is 6.04. The Kier molecular flexibility index (Phi) is 4.52. The summed E-state index contributed by atoms with van der Waals surface area (Å²) in [5, 5.41) is 10.3. The van der Waals surface area contributed by atoms with Gasteiger partial charge in [0.25, 0.3) is 5.91 Å². The zero-order valence-electron chi connectivity index (χ0n) is 14.5. The molecule has 0 unspecified atom stereocenters. The highest BCUT2D eigenvalue weighted by Crippen LogP contribution is 2.36. The molecule has 1 aliphatic rings. The van der Waals surface area contributed by atoms with Gasteiger partial charge in [-0.15, -0.1) is 0 Å². The summed E-state index contributed by atoms with van der Waals surface area (Å²) in [5.41, 5.74) is 5.03. The number of aromatic nitrogens is 1. The number of fused-ring (bicyclic) bond motifs is 1. The first kappa shape index (κ1) is 16.7. The van der Waals surface area contributed by atoms with Gasteiger partial charge in [0.2, 0.25) is 0 Å². The molecular weight excluding hydrogens is 312 g/mol. The van der Waals surface area contributed by atoms with Gasteiger partial charge in [0.05, 0.1) is 22.5 Å². The van der Waals surface area contributed by atoms with E-state index in [1.807, 2.05) is 69.3 Å². The zero-order valence-corrected chi connectivity index (χ0v) is 14.5. The normalized spacial score (nSPS) is 14.6. The molecule has 126 valence electrons. The molecule has 1 amide bonds. The van der Waals surface area contributed by atoms with Crippen molar-refractivity contribution >= 4 is 11.6 Å². The van der Waals surface area contributed by atoms with Crippen molar-refractivity contribution in [2.45, 2.75) is 20.8 Å². The van der Waals surface area contributed by atoms with Gasteiger partial charge in [-0.05, 0) is 32.4 Å². The van der Waals surface area contributed by atoms with E-state index in [9.17, 15) is 9.90 Å². The van der Waals surface area contributed by atoms with Crippen molar-refractivity contribution in [3.05, 3.63) is 76.9 Å². The molecule has 1 aromatic heterocycles. The molecule has 2 heterocycles. The third-order valence-electron chi connectivity index (χ3n) is 4.06. The van der Waals surface area contributed by atoms with Crippen LogP contribution in [0, 0.1) is 6.92 Å². The molecule has 25 heavy (non-hydrogen) atoms. The molecule has 0 spiro atoms. The molecule has 0 aliphatic carbocycles. The zero-order chi connectivity index (χ0) is 18.0. The quantitative estimate of drug-likeness (QED) is 0.796. The molecule has 1 aromatic carbocycles. The van der Waals surface area contributed by atoms with E-state index in [1.165, 1.54) is 0 Å². The molecule has 0 fully saturated rings. The first-order valence-electron chi connectivity index (χ1n) is 8.14. The lowest BCUT2D eigenvalue weighted by molar-refractivity contribution is 0.101. The first-order chi connectivity index (χ1) is 12.0. The van der Waals surface area contributed by atoms with E-state index in [-0.39, 0.29) is 11.8 Å². The minimum Gasteiger partial charge on any atom is -0.494 e. The average molecular weight is 332 g/mol. The Hall–Kier alpha value is -3.14. The number of H-pyrrole nitrogens is 1. The minimum atomic E-state index is -0.337. The number of nitrogens with one attached hydrogen (secondary N) is 1. The van der Waals surface area contributed by atoms with Gasteiger partial charge in [0.15, 0.2) is 5.88 Å². The summed E-state index contributed by atoms with van der Waals surface area (Å²) in [5.74, 6) is -0.370. The van der Waals surface area contributed by atoms with Crippen LogP contribution in [0.5, 0.6) is 5.88 Å². The molecule has 0 bridgehead atoms. The maximum Gasteiger partial charge on any atom is 0.280 e. The lowest BCUT2D eigenvalue weighted by Gasteiger charge is -2.00. The van der Waals surface area contributed by atoms with E-state index in [0.717, 1.165) is 16.7 Å². The molecule has 4 nitrogen and oxygen atoms in total. The fourth-order valence-electron chi connectivity index (χ4n) is 2.84. The highest BCUT2D eigenvalue weighted by atomic mass is 16.3. The number of benzene rings is 1. The molecular formula is C21H20N2O2. The van der Waals surface area contributed by atoms with Crippen LogP contribution in [0.15, 0.2) is 65.2 Å². The monoisotopic (exact) mass is 332 g/mol. The number of rotatable bonds is 4. The van der Waals surface area contributed by atoms with E-state index < -0.39 is 0 Å². The summed E-state index contributed by atoms with van der Waals surface area (Å²) >= 11 is 0. The van der Waals surface area contributed by atoms with Crippen molar-refractivity contribution in [2.24, 2.45) is 4.99 Å². The van der Waals surface area contributed by atoms with Crippen molar-refractivity contribution in [3.8, 4) is 17.1 Å². The smallest absolute Gasteiger partial charge is 0.280 e. The van der Waals surface area contributed by atoms with Crippen LogP contribution in [0.2, 0.25) is 0 Å². The maximum absolute atomic E-state index is 12.4. The number of aliphatic imine (C=N–C) groups is 1. The Balaban J connectivity index is 1.99. The second kappa shape index (κ2) is 6.77. The SMILES string of the molecule is C\C=C/C(C)=C\C=C\C1=NC(=O)c2c(-c3ccc(C)cc3)[nH]c(O)c21. The highest BCUT2D eigenvalue weighted by Gasteiger charge is 2.31. The molecule has 0 atom stereocenters. The summed E-state index contributed by atoms with van der Waals surface area (Å²) in [6.07, 6.45) is 9.44. The van der Waals surface area contributed by atoms with Gasteiger partial charge in [-0.25, -0.2) is 4.99 Å². The molecule has 1 aliphatic heterocycles. The van der Waals surface area contributed by atoms with Crippen molar-refractivity contribution in [1.29, 1.82) is 0 Å². The Morgan fingerprint density at radius 1 is 1.20 bits per heavy atom. The Morgan fingerprint density at radius 3 is 2.60 bits per heavy atom. The van der Waals surface area contributed by atoms with Crippen molar-refractivity contribution in [1.82, 2.24) is 4.98 Å². The number of hydrogen-bond donors (Lipinski definition) is 2. The molecule has 4 heteroatoms. The van der Waals surface area contributed by atoms with Crippen LogP contribution in [0.1, 0.15) is 35.3 Å². The van der Waals surface area contributed by atoms with Crippen LogP contribution in [-0.4, -0.2) is 21.7 Å².